The van der Waals surface area contributed by atoms with Crippen LogP contribution >= 0.6 is 0 Å². The number of aromatic nitrogens is 2. The molecular weight excluding hydrogens is 234 g/mol. The van der Waals surface area contributed by atoms with Gasteiger partial charge in [-0.05, 0) is 19.4 Å². The molecule has 1 aromatic heterocycles. The van der Waals surface area contributed by atoms with E-state index in [1.807, 2.05) is 17.7 Å². The van der Waals surface area contributed by atoms with Crippen LogP contribution in [-0.4, -0.2) is 35.5 Å². The Morgan fingerprint density at radius 1 is 1.72 bits per heavy atom. The predicted molar refractivity (Wildman–Crippen MR) is 62.7 cm³/mol. The zero-order valence-electron chi connectivity index (χ0n) is 10.3. The maximum Gasteiger partial charge on any atom is 0.309 e. The highest BCUT2D eigenvalue weighted by Gasteiger charge is 2.47. The van der Waals surface area contributed by atoms with Gasteiger partial charge in [-0.1, -0.05) is 0 Å². The van der Waals surface area contributed by atoms with Crippen molar-refractivity contribution in [2.75, 3.05) is 19.8 Å². The van der Waals surface area contributed by atoms with Crippen molar-refractivity contribution in [3.05, 3.63) is 18.0 Å². The Morgan fingerprint density at radius 3 is 3.33 bits per heavy atom. The highest BCUT2D eigenvalue weighted by Crippen LogP contribution is 2.48. The molecule has 1 aliphatic heterocycles. The molecule has 6 nitrogen and oxygen atoms in total. The number of carbonyl (C=O) groups excluding carboxylic acids is 1. The summed E-state index contributed by atoms with van der Waals surface area (Å²) in [5, 5.41) is 7.49. The van der Waals surface area contributed by atoms with Crippen molar-refractivity contribution in [2.45, 2.75) is 25.6 Å². The van der Waals surface area contributed by atoms with E-state index in [-0.39, 0.29) is 24.2 Å². The van der Waals surface area contributed by atoms with Crippen LogP contribution in [0.5, 0.6) is 0 Å². The summed E-state index contributed by atoms with van der Waals surface area (Å²) in [6, 6.07) is 1.95. The van der Waals surface area contributed by atoms with E-state index in [9.17, 15) is 4.79 Å². The van der Waals surface area contributed by atoms with Gasteiger partial charge < -0.3 is 9.47 Å². The number of carbonyl (C=O) groups is 1. The summed E-state index contributed by atoms with van der Waals surface area (Å²) in [7, 11) is 0. The van der Waals surface area contributed by atoms with Gasteiger partial charge >= 0.3 is 5.97 Å². The van der Waals surface area contributed by atoms with Gasteiger partial charge in [0.2, 0.25) is 6.35 Å². The summed E-state index contributed by atoms with van der Waals surface area (Å²) in [6.07, 6.45) is 2.40. The molecule has 3 rings (SSSR count). The van der Waals surface area contributed by atoms with Crippen LogP contribution in [0.3, 0.4) is 0 Å². The predicted octanol–water partition coefficient (Wildman–Crippen LogP) is 0.626. The van der Waals surface area contributed by atoms with Gasteiger partial charge in [0.05, 0.1) is 19.1 Å². The summed E-state index contributed by atoms with van der Waals surface area (Å²) in [4.78, 5) is 11.6. The van der Waals surface area contributed by atoms with Gasteiger partial charge in [-0.25, -0.2) is 4.68 Å². The van der Waals surface area contributed by atoms with E-state index in [0.29, 0.717) is 13.2 Å². The highest BCUT2D eigenvalue weighted by molar-refractivity contribution is 5.77. The molecule has 2 aliphatic rings. The van der Waals surface area contributed by atoms with E-state index >= 15 is 0 Å². The van der Waals surface area contributed by atoms with Gasteiger partial charge in [0.25, 0.3) is 0 Å². The monoisotopic (exact) mass is 251 g/mol. The van der Waals surface area contributed by atoms with Crippen molar-refractivity contribution in [3.63, 3.8) is 0 Å². The quantitative estimate of drug-likeness (QED) is 0.795. The maximum absolute atomic E-state index is 11.6. The number of esters is 1. The molecule has 3 atom stereocenters. The fourth-order valence-electron chi connectivity index (χ4n) is 2.41. The molecule has 3 unspecified atom stereocenters. The molecule has 0 spiro atoms. The lowest BCUT2D eigenvalue weighted by atomic mass is 10.2. The van der Waals surface area contributed by atoms with E-state index in [4.69, 9.17) is 9.47 Å². The molecule has 2 heterocycles. The largest absolute Gasteiger partial charge is 0.466 e. The fraction of sp³-hybridized carbons (Fsp3) is 0.667. The van der Waals surface area contributed by atoms with E-state index in [1.54, 1.807) is 6.20 Å². The molecule has 0 radical (unpaired) electrons. The second kappa shape index (κ2) is 4.70. The molecule has 2 fully saturated rings. The van der Waals surface area contributed by atoms with Crippen LogP contribution in [0.2, 0.25) is 0 Å². The van der Waals surface area contributed by atoms with Crippen molar-refractivity contribution >= 4 is 5.97 Å². The summed E-state index contributed by atoms with van der Waals surface area (Å²) >= 11 is 0. The SMILES string of the molecule is CCOC(=O)C1CC1c1ccnn1C1NCCO1. The summed E-state index contributed by atoms with van der Waals surface area (Å²) in [5.74, 6) is 0.106. The number of hydrogen-bond acceptors (Lipinski definition) is 5. The lowest BCUT2D eigenvalue weighted by Crippen LogP contribution is -2.23. The van der Waals surface area contributed by atoms with Crippen molar-refractivity contribution < 1.29 is 14.3 Å². The third kappa shape index (κ3) is 2.02. The first-order valence-electron chi connectivity index (χ1n) is 6.36. The third-order valence-electron chi connectivity index (χ3n) is 3.38. The first-order chi connectivity index (χ1) is 8.81. The second-order valence-corrected chi connectivity index (χ2v) is 4.58. The minimum Gasteiger partial charge on any atom is -0.466 e. The molecule has 1 saturated heterocycles. The number of rotatable bonds is 4. The van der Waals surface area contributed by atoms with Crippen LogP contribution in [0.1, 0.15) is 31.3 Å². The minimum absolute atomic E-state index is 0.0122. The van der Waals surface area contributed by atoms with Gasteiger partial charge in [-0.3, -0.25) is 10.1 Å². The Balaban J connectivity index is 1.71. The first kappa shape index (κ1) is 11.7. The molecule has 0 aromatic carbocycles. The highest BCUT2D eigenvalue weighted by atomic mass is 16.5. The lowest BCUT2D eigenvalue weighted by molar-refractivity contribution is -0.144. The van der Waals surface area contributed by atoms with Crippen molar-refractivity contribution in [2.24, 2.45) is 5.92 Å². The van der Waals surface area contributed by atoms with E-state index in [1.165, 1.54) is 0 Å². The Kier molecular flexibility index (Phi) is 3.05. The van der Waals surface area contributed by atoms with Gasteiger partial charge in [0, 0.05) is 24.4 Å². The molecule has 98 valence electrons. The zero-order valence-corrected chi connectivity index (χ0v) is 10.3. The average Bonchev–Trinajstić information content (AvgIpc) is 2.82. The molecule has 0 amide bonds. The minimum atomic E-state index is -0.196. The normalized spacial score (nSPS) is 30.4. The van der Waals surface area contributed by atoms with E-state index < -0.39 is 0 Å². The van der Waals surface area contributed by atoms with Crippen LogP contribution in [0, 0.1) is 5.92 Å². The number of ether oxygens (including phenoxy) is 2. The van der Waals surface area contributed by atoms with Gasteiger partial charge in [0.1, 0.15) is 0 Å². The zero-order chi connectivity index (χ0) is 12.5. The molecular formula is C12H17N3O3. The van der Waals surface area contributed by atoms with Crippen LogP contribution in [0.25, 0.3) is 0 Å². The Bertz CT molecular complexity index is 440. The van der Waals surface area contributed by atoms with Crippen molar-refractivity contribution in [3.8, 4) is 0 Å². The first-order valence-corrected chi connectivity index (χ1v) is 6.36. The molecule has 1 aliphatic carbocycles. The van der Waals surface area contributed by atoms with Crippen LogP contribution in [-0.2, 0) is 14.3 Å². The summed E-state index contributed by atoms with van der Waals surface area (Å²) in [5.41, 5.74) is 1.05. The summed E-state index contributed by atoms with van der Waals surface area (Å²) in [6.45, 7) is 3.79. The number of nitrogens with zero attached hydrogens (tertiary/aromatic N) is 2. The molecule has 1 aromatic rings. The molecule has 0 bridgehead atoms. The van der Waals surface area contributed by atoms with Crippen LogP contribution in [0.4, 0.5) is 0 Å². The van der Waals surface area contributed by atoms with Crippen molar-refractivity contribution in [1.29, 1.82) is 0 Å². The molecule has 1 N–H and O–H groups in total. The Labute approximate surface area is 105 Å². The lowest BCUT2D eigenvalue weighted by Gasteiger charge is -2.14. The Morgan fingerprint density at radius 2 is 2.61 bits per heavy atom. The van der Waals surface area contributed by atoms with E-state index in [2.05, 4.69) is 10.4 Å². The number of hydrogen-bond donors (Lipinski definition) is 1. The van der Waals surface area contributed by atoms with Gasteiger partial charge in [0.15, 0.2) is 0 Å². The second-order valence-electron chi connectivity index (χ2n) is 4.58. The maximum atomic E-state index is 11.6. The van der Waals surface area contributed by atoms with Gasteiger partial charge in [-0.15, -0.1) is 0 Å². The molecule has 18 heavy (non-hydrogen) atoms. The van der Waals surface area contributed by atoms with E-state index in [0.717, 1.165) is 18.7 Å². The van der Waals surface area contributed by atoms with Crippen LogP contribution in [0.15, 0.2) is 12.3 Å². The average molecular weight is 251 g/mol. The molecule has 1 saturated carbocycles. The van der Waals surface area contributed by atoms with Crippen molar-refractivity contribution in [1.82, 2.24) is 15.1 Å². The topological polar surface area (TPSA) is 65.4 Å². The Hall–Kier alpha value is -1.40. The summed E-state index contributed by atoms with van der Waals surface area (Å²) < 4.78 is 12.4. The van der Waals surface area contributed by atoms with Gasteiger partial charge in [-0.2, -0.15) is 5.10 Å². The van der Waals surface area contributed by atoms with Crippen LogP contribution < -0.4 is 5.32 Å². The smallest absolute Gasteiger partial charge is 0.309 e. The number of nitrogens with one attached hydrogen (secondary N) is 1. The molecule has 6 heteroatoms. The third-order valence-corrected chi connectivity index (χ3v) is 3.38. The standard InChI is InChI=1S/C12H17N3O3/c1-2-17-11(16)9-7-8(9)10-3-4-14-15(10)12-13-5-6-18-12/h3-4,8-9,12-13H,2,5-7H2,1H3. The fourth-order valence-corrected chi connectivity index (χ4v) is 2.41.